The molecular weight excluding hydrogens is 294 g/mol. The number of aromatic nitrogens is 2. The van der Waals surface area contributed by atoms with Crippen LogP contribution in [0.4, 0.5) is 6.01 Å². The molecule has 21 heavy (non-hydrogen) atoms. The number of anilines is 1. The van der Waals surface area contributed by atoms with Crippen molar-refractivity contribution in [3.63, 3.8) is 0 Å². The topological polar surface area (TPSA) is 77.2 Å². The number of nitrogens with zero attached hydrogens (tertiary/aromatic N) is 2. The lowest BCUT2D eigenvalue weighted by Crippen LogP contribution is -2.20. The van der Waals surface area contributed by atoms with Crippen molar-refractivity contribution in [1.82, 2.24) is 9.97 Å². The number of carbonyl (C=O) groups is 1. The number of hydrogen-bond donors (Lipinski definition) is 1. The van der Waals surface area contributed by atoms with Crippen LogP contribution in [0.1, 0.15) is 0 Å². The summed E-state index contributed by atoms with van der Waals surface area (Å²) in [5.74, 6) is 0.0371. The van der Waals surface area contributed by atoms with Gasteiger partial charge in [0.1, 0.15) is 5.75 Å². The van der Waals surface area contributed by atoms with Crippen LogP contribution in [-0.4, -0.2) is 22.5 Å². The van der Waals surface area contributed by atoms with Crippen LogP contribution in [0.5, 0.6) is 5.75 Å². The summed E-state index contributed by atoms with van der Waals surface area (Å²) in [6.07, 6.45) is 1.59. The van der Waals surface area contributed by atoms with Crippen molar-refractivity contribution in [3.8, 4) is 5.75 Å². The van der Waals surface area contributed by atoms with Gasteiger partial charge in [-0.1, -0.05) is 23.7 Å². The maximum absolute atomic E-state index is 11.8. The van der Waals surface area contributed by atoms with E-state index >= 15 is 0 Å². The Hall–Kier alpha value is -2.60. The van der Waals surface area contributed by atoms with Gasteiger partial charge in [0.2, 0.25) is 5.65 Å². The van der Waals surface area contributed by atoms with Gasteiger partial charge in [-0.3, -0.25) is 10.1 Å². The van der Waals surface area contributed by atoms with Crippen LogP contribution in [-0.2, 0) is 4.79 Å². The molecule has 0 atom stereocenters. The van der Waals surface area contributed by atoms with E-state index in [9.17, 15) is 4.79 Å². The molecule has 2 aromatic heterocycles. The van der Waals surface area contributed by atoms with E-state index in [-0.39, 0.29) is 12.6 Å². The van der Waals surface area contributed by atoms with E-state index in [2.05, 4.69) is 15.3 Å². The number of benzene rings is 1. The summed E-state index contributed by atoms with van der Waals surface area (Å²) in [6, 6.07) is 10.4. The van der Waals surface area contributed by atoms with E-state index in [4.69, 9.17) is 20.8 Å². The second-order valence-corrected chi connectivity index (χ2v) is 4.52. The van der Waals surface area contributed by atoms with Crippen LogP contribution < -0.4 is 10.1 Å². The third kappa shape index (κ3) is 3.11. The molecule has 0 radical (unpaired) electrons. The third-order valence-electron chi connectivity index (χ3n) is 2.61. The average Bonchev–Trinajstić information content (AvgIpc) is 2.88. The number of para-hydroxylation sites is 1. The summed E-state index contributed by atoms with van der Waals surface area (Å²) >= 11 is 5.93. The van der Waals surface area contributed by atoms with E-state index in [1.54, 1.807) is 42.6 Å². The molecule has 1 N–H and O–H groups in total. The van der Waals surface area contributed by atoms with E-state index in [0.717, 1.165) is 0 Å². The lowest BCUT2D eigenvalue weighted by Gasteiger charge is -2.06. The molecule has 0 bridgehead atoms. The maximum atomic E-state index is 11.8. The lowest BCUT2D eigenvalue weighted by atomic mass is 10.3. The lowest BCUT2D eigenvalue weighted by molar-refractivity contribution is -0.118. The summed E-state index contributed by atoms with van der Waals surface area (Å²) in [5.41, 5.74) is 0.930. The minimum absolute atomic E-state index is 0.0801. The van der Waals surface area contributed by atoms with Crippen LogP contribution in [0, 0.1) is 0 Å². The Morgan fingerprint density at radius 1 is 1.29 bits per heavy atom. The Kier molecular flexibility index (Phi) is 3.70. The Labute approximate surface area is 124 Å². The summed E-state index contributed by atoms with van der Waals surface area (Å²) < 4.78 is 10.6. The predicted molar refractivity (Wildman–Crippen MR) is 77.4 cm³/mol. The van der Waals surface area contributed by atoms with Crippen LogP contribution >= 0.6 is 11.6 Å². The smallest absolute Gasteiger partial charge is 0.304 e. The molecule has 0 fully saturated rings. The third-order valence-corrected chi connectivity index (χ3v) is 2.92. The fraction of sp³-hybridized carbons (Fsp3) is 0.0714. The van der Waals surface area contributed by atoms with Crippen LogP contribution in [0.2, 0.25) is 5.02 Å². The van der Waals surface area contributed by atoms with Gasteiger partial charge in [-0.15, -0.1) is 0 Å². The van der Waals surface area contributed by atoms with Gasteiger partial charge in [0.05, 0.1) is 5.02 Å². The van der Waals surface area contributed by atoms with E-state index < -0.39 is 5.91 Å². The molecule has 3 aromatic rings. The van der Waals surface area contributed by atoms with E-state index in [1.807, 2.05) is 0 Å². The Morgan fingerprint density at radius 2 is 2.14 bits per heavy atom. The van der Waals surface area contributed by atoms with Crippen molar-refractivity contribution in [3.05, 3.63) is 47.6 Å². The molecule has 0 aliphatic rings. The molecule has 6 nitrogen and oxygen atoms in total. The van der Waals surface area contributed by atoms with Gasteiger partial charge >= 0.3 is 6.01 Å². The maximum Gasteiger partial charge on any atom is 0.304 e. The fourth-order valence-electron chi connectivity index (χ4n) is 1.68. The number of oxazole rings is 1. The van der Waals surface area contributed by atoms with Crippen molar-refractivity contribution in [2.24, 2.45) is 0 Å². The van der Waals surface area contributed by atoms with Crippen molar-refractivity contribution in [1.29, 1.82) is 0 Å². The zero-order chi connectivity index (χ0) is 14.7. The molecule has 0 saturated heterocycles. The first kappa shape index (κ1) is 13.4. The Morgan fingerprint density at radius 3 is 2.95 bits per heavy atom. The second kappa shape index (κ2) is 5.80. The fourth-order valence-corrected chi connectivity index (χ4v) is 1.87. The summed E-state index contributed by atoms with van der Waals surface area (Å²) in [6.45, 7) is -0.199. The van der Waals surface area contributed by atoms with Crippen LogP contribution in [0.25, 0.3) is 11.2 Å². The first-order valence-corrected chi connectivity index (χ1v) is 6.49. The molecule has 2 heterocycles. The van der Waals surface area contributed by atoms with Crippen molar-refractivity contribution in [2.45, 2.75) is 0 Å². The molecular formula is C14H10ClN3O3. The number of halogens is 1. The molecule has 1 aromatic carbocycles. The minimum atomic E-state index is -0.401. The molecule has 0 saturated carbocycles. The largest absolute Gasteiger partial charge is 0.482 e. The summed E-state index contributed by atoms with van der Waals surface area (Å²) in [4.78, 5) is 19.8. The first-order valence-electron chi connectivity index (χ1n) is 6.11. The average molecular weight is 304 g/mol. The van der Waals surface area contributed by atoms with E-state index in [0.29, 0.717) is 22.0 Å². The quantitative estimate of drug-likeness (QED) is 0.802. The number of nitrogens with one attached hydrogen (secondary N) is 1. The highest BCUT2D eigenvalue weighted by molar-refractivity contribution is 6.32. The highest BCUT2D eigenvalue weighted by Crippen LogP contribution is 2.23. The Balaban J connectivity index is 1.62. The van der Waals surface area contributed by atoms with E-state index in [1.165, 1.54) is 0 Å². The number of ether oxygens (including phenoxy) is 1. The standard InChI is InChI=1S/C14H10ClN3O3/c15-9-4-1-2-5-10(9)20-8-12(19)17-14-18-13-11(21-14)6-3-7-16-13/h1-7H,8H2,(H,16,17,18,19). The van der Waals surface area contributed by atoms with Gasteiger partial charge < -0.3 is 9.15 Å². The monoisotopic (exact) mass is 303 g/mol. The summed E-state index contributed by atoms with van der Waals surface area (Å²) in [5, 5.41) is 2.94. The SMILES string of the molecule is O=C(COc1ccccc1Cl)Nc1nc2ncccc2o1. The van der Waals surface area contributed by atoms with Gasteiger partial charge in [-0.2, -0.15) is 4.98 Å². The highest BCUT2D eigenvalue weighted by atomic mass is 35.5. The number of hydrogen-bond acceptors (Lipinski definition) is 5. The number of rotatable bonds is 4. The highest BCUT2D eigenvalue weighted by Gasteiger charge is 2.11. The molecule has 1 amide bonds. The Bertz CT molecular complexity index is 755. The van der Waals surface area contributed by atoms with Gasteiger partial charge in [-0.05, 0) is 24.3 Å². The van der Waals surface area contributed by atoms with Crippen molar-refractivity contribution in [2.75, 3.05) is 11.9 Å². The van der Waals surface area contributed by atoms with Gasteiger partial charge in [-0.25, -0.2) is 4.98 Å². The van der Waals surface area contributed by atoms with Crippen LogP contribution in [0.15, 0.2) is 47.0 Å². The van der Waals surface area contributed by atoms with Crippen molar-refractivity contribution >= 4 is 34.8 Å². The number of carbonyl (C=O) groups excluding carboxylic acids is 1. The number of fused-ring (bicyclic) bond motifs is 1. The molecule has 106 valence electrons. The number of amides is 1. The molecule has 0 spiro atoms. The second-order valence-electron chi connectivity index (χ2n) is 4.11. The summed E-state index contributed by atoms with van der Waals surface area (Å²) in [7, 11) is 0. The van der Waals surface area contributed by atoms with Gasteiger partial charge in [0.25, 0.3) is 5.91 Å². The van der Waals surface area contributed by atoms with Gasteiger partial charge in [0.15, 0.2) is 12.2 Å². The number of pyridine rings is 1. The normalized spacial score (nSPS) is 10.5. The zero-order valence-electron chi connectivity index (χ0n) is 10.7. The molecule has 3 rings (SSSR count). The van der Waals surface area contributed by atoms with Crippen LogP contribution in [0.3, 0.4) is 0 Å². The predicted octanol–water partition coefficient (Wildman–Crippen LogP) is 2.89. The molecule has 7 heteroatoms. The molecule has 0 unspecified atom stereocenters. The zero-order valence-corrected chi connectivity index (χ0v) is 11.5. The first-order chi connectivity index (χ1) is 10.2. The van der Waals surface area contributed by atoms with Gasteiger partial charge in [0, 0.05) is 6.20 Å². The minimum Gasteiger partial charge on any atom is -0.482 e. The molecule has 0 aliphatic carbocycles. The molecule has 0 aliphatic heterocycles. The van der Waals surface area contributed by atoms with Crippen molar-refractivity contribution < 1.29 is 13.9 Å².